The average molecular weight is 1180 g/mol. The Hall–Kier alpha value is -7.22. The first kappa shape index (κ1) is 64.6. The highest BCUT2D eigenvalue weighted by molar-refractivity contribution is 8.76. The smallest absolute Gasteiger partial charge is 0.248 e. The molecule has 0 aliphatic carbocycles. The monoisotopic (exact) mass is 1170 g/mol. The predicted molar refractivity (Wildman–Crippen MR) is 309 cm³/mol. The molecular weight excluding hydrogens is 1100 g/mol. The molecule has 22 nitrogen and oxygen atoms in total. The van der Waals surface area contributed by atoms with E-state index in [0.29, 0.717) is 51.6 Å². The number of amides is 8. The SMILES string of the molecule is COc1ccc(CC(NC(=O)[C@@H]2CSSC[C@@H](NC(=O)[C@@H](N)Cc3ccc(Cl)cc3)C(=O)C[C@@H](Cc3ccc(OC)cc3)C(=O)N[C@H](Cc3ccc(C(N)=O)cc3)C(=O)N[C@@H](CCCCN)C(=O)N[C@@H]([C@@H](C)O)C(=O)N2)C(N)=O)cc1. The first-order valence-electron chi connectivity index (χ1n) is 26.1. The Morgan fingerprint density at radius 2 is 1.23 bits per heavy atom. The summed E-state index contributed by atoms with van der Waals surface area (Å²) in [6.45, 7) is 1.46. The van der Waals surface area contributed by atoms with Gasteiger partial charge >= 0.3 is 0 Å². The van der Waals surface area contributed by atoms with Crippen LogP contribution in [0, 0.1) is 5.92 Å². The van der Waals surface area contributed by atoms with Crippen LogP contribution < -0.4 is 64.3 Å². The van der Waals surface area contributed by atoms with Crippen LogP contribution in [0.4, 0.5) is 0 Å². The topological polar surface area (TPSA) is 369 Å². The largest absolute Gasteiger partial charge is 0.497 e. The summed E-state index contributed by atoms with van der Waals surface area (Å²) in [5, 5.41) is 27.5. The van der Waals surface area contributed by atoms with Gasteiger partial charge in [0.2, 0.25) is 47.3 Å². The molecule has 0 bridgehead atoms. The van der Waals surface area contributed by atoms with Gasteiger partial charge in [-0.2, -0.15) is 0 Å². The Kier molecular flexibility index (Phi) is 25.7. The molecule has 0 aromatic heterocycles. The highest BCUT2D eigenvalue weighted by Crippen LogP contribution is 2.26. The van der Waals surface area contributed by atoms with Crippen molar-refractivity contribution in [3.8, 4) is 11.5 Å². The second-order valence-electron chi connectivity index (χ2n) is 19.5. The number of aliphatic hydroxyl groups excluding tert-OH is 1. The molecule has 1 aliphatic rings. The van der Waals surface area contributed by atoms with Crippen LogP contribution in [0.5, 0.6) is 11.5 Å². The van der Waals surface area contributed by atoms with Crippen molar-refractivity contribution in [2.45, 2.75) is 107 Å². The van der Waals surface area contributed by atoms with E-state index in [1.165, 1.54) is 45.4 Å². The van der Waals surface area contributed by atoms with E-state index < -0.39 is 114 Å². The van der Waals surface area contributed by atoms with Crippen LogP contribution in [-0.2, 0) is 64.0 Å². The van der Waals surface area contributed by atoms with Gasteiger partial charge in [-0.05, 0) is 116 Å². The van der Waals surface area contributed by atoms with Crippen molar-refractivity contribution in [2.75, 3.05) is 32.3 Å². The molecule has 1 unspecified atom stereocenters. The molecule has 0 radical (unpaired) electrons. The van der Waals surface area contributed by atoms with E-state index in [1.54, 1.807) is 72.8 Å². The third-order valence-corrected chi connectivity index (χ3v) is 15.9. The van der Waals surface area contributed by atoms with Crippen molar-refractivity contribution in [2.24, 2.45) is 28.9 Å². The number of aliphatic hydroxyl groups is 1. The van der Waals surface area contributed by atoms with Gasteiger partial charge in [-0.3, -0.25) is 43.2 Å². The Labute approximate surface area is 482 Å². The van der Waals surface area contributed by atoms with Crippen LogP contribution in [0.3, 0.4) is 0 Å². The molecule has 15 N–H and O–H groups in total. The van der Waals surface area contributed by atoms with Crippen LogP contribution in [0.25, 0.3) is 0 Å². The van der Waals surface area contributed by atoms with Gasteiger partial charge in [-0.1, -0.05) is 81.7 Å². The average Bonchev–Trinajstić information content (AvgIpc) is 3.45. The standard InChI is InChI=1S/C56H71ClN10O12S2/c1-31(68)48-56(77)66-46(55(76)63-43(50(61)71)26-35-13-21-40(79-3)22-14-35)30-81-80-29-45(65-52(73)41(59)25-33-9-17-38(57)18-10-33)47(69)28-37(24-32-11-19-39(78-2)20-12-32)51(72)64-44(27-34-7-15-36(16-8-34)49(60)70)54(75)62-42(53(74)67-48)6-4-5-23-58/h7-22,31,37,41-46,48,68H,4-6,23-30,58-59H2,1-3H3,(H2,60,70)(H2,61,71)(H,62,75)(H,63,76)(H,64,72)(H,65,73)(H,66,77)(H,67,74)/t31-,37-,41+,42+,43?,44-,45-,46+,48+/m1/s1. The Balaban J connectivity index is 1.58. The Bertz CT molecular complexity index is 2800. The molecule has 436 valence electrons. The first-order chi connectivity index (χ1) is 38.7. The normalized spacial score (nSPS) is 20.9. The summed E-state index contributed by atoms with van der Waals surface area (Å²) in [5.41, 5.74) is 26.1. The van der Waals surface area contributed by atoms with E-state index in [2.05, 4.69) is 31.9 Å². The molecule has 4 aromatic rings. The number of nitrogens with two attached hydrogens (primary N) is 4. The van der Waals surface area contributed by atoms with E-state index in [9.17, 15) is 48.3 Å². The summed E-state index contributed by atoms with van der Waals surface area (Å²) in [4.78, 5) is 126. The van der Waals surface area contributed by atoms with Crippen molar-refractivity contribution in [1.82, 2.24) is 31.9 Å². The summed E-state index contributed by atoms with van der Waals surface area (Å²) >= 11 is 6.09. The number of rotatable bonds is 21. The predicted octanol–water partition coefficient (Wildman–Crippen LogP) is 0.928. The zero-order valence-electron chi connectivity index (χ0n) is 45.2. The minimum atomic E-state index is -1.73. The van der Waals surface area contributed by atoms with Crippen LogP contribution in [0.15, 0.2) is 97.1 Å². The third-order valence-electron chi connectivity index (χ3n) is 13.3. The number of primary amides is 2. The molecule has 9 atom stereocenters. The molecule has 1 fully saturated rings. The lowest BCUT2D eigenvalue weighted by Crippen LogP contribution is -2.62. The van der Waals surface area contributed by atoms with E-state index >= 15 is 0 Å². The van der Waals surface area contributed by atoms with Crippen molar-refractivity contribution in [3.63, 3.8) is 0 Å². The highest BCUT2D eigenvalue weighted by atomic mass is 35.5. The number of nitrogens with one attached hydrogen (secondary N) is 6. The van der Waals surface area contributed by atoms with Crippen molar-refractivity contribution in [3.05, 3.63) is 130 Å². The number of hydrogen-bond acceptors (Lipinski definition) is 16. The summed E-state index contributed by atoms with van der Waals surface area (Å²) in [6, 6.07) is 16.3. The molecule has 0 spiro atoms. The fourth-order valence-electron chi connectivity index (χ4n) is 8.55. The molecule has 1 aliphatic heterocycles. The van der Waals surface area contributed by atoms with Gasteiger partial charge in [0.1, 0.15) is 41.7 Å². The van der Waals surface area contributed by atoms with Crippen molar-refractivity contribution in [1.29, 1.82) is 0 Å². The molecule has 81 heavy (non-hydrogen) atoms. The van der Waals surface area contributed by atoms with Gasteiger partial charge in [0.05, 0.1) is 32.4 Å². The second kappa shape index (κ2) is 32.3. The molecule has 25 heteroatoms. The Morgan fingerprint density at radius 1 is 0.691 bits per heavy atom. The minimum Gasteiger partial charge on any atom is -0.497 e. The van der Waals surface area contributed by atoms with Crippen LogP contribution in [0.1, 0.15) is 65.2 Å². The first-order valence-corrected chi connectivity index (χ1v) is 29.0. The summed E-state index contributed by atoms with van der Waals surface area (Å²) in [5.74, 6) is -7.90. The lowest BCUT2D eigenvalue weighted by atomic mass is 9.90. The zero-order valence-corrected chi connectivity index (χ0v) is 47.5. The molecule has 8 amide bonds. The molecular formula is C56H71ClN10O12S2. The van der Waals surface area contributed by atoms with Crippen molar-refractivity contribution >= 4 is 86.2 Å². The maximum absolute atomic E-state index is 14.9. The van der Waals surface area contributed by atoms with Gasteiger partial charge in [-0.15, -0.1) is 0 Å². The van der Waals surface area contributed by atoms with Gasteiger partial charge < -0.3 is 69.4 Å². The number of benzene rings is 4. The highest BCUT2D eigenvalue weighted by Gasteiger charge is 2.37. The van der Waals surface area contributed by atoms with Gasteiger partial charge in [0.15, 0.2) is 5.78 Å². The number of Topliss-reactive ketones (excluding diaryl/α,β-unsaturated/α-hetero) is 1. The number of halogens is 1. The summed E-state index contributed by atoms with van der Waals surface area (Å²) in [6.07, 6.45) is -1.63. The van der Waals surface area contributed by atoms with Crippen LogP contribution >= 0.6 is 33.2 Å². The fourth-order valence-corrected chi connectivity index (χ4v) is 11.0. The van der Waals surface area contributed by atoms with E-state index in [0.717, 1.165) is 21.6 Å². The second-order valence-corrected chi connectivity index (χ2v) is 22.5. The number of unbranched alkanes of at least 4 members (excludes halogenated alkanes) is 1. The number of carbonyl (C=O) groups excluding carboxylic acids is 9. The summed E-state index contributed by atoms with van der Waals surface area (Å²) < 4.78 is 10.6. The third kappa shape index (κ3) is 20.7. The molecule has 0 saturated carbocycles. The van der Waals surface area contributed by atoms with Gasteiger partial charge in [0, 0.05) is 47.3 Å². The number of methoxy groups -OCH3 is 2. The molecule has 1 heterocycles. The maximum atomic E-state index is 14.9. The maximum Gasteiger partial charge on any atom is 0.248 e. The lowest BCUT2D eigenvalue weighted by Gasteiger charge is -2.29. The quantitative estimate of drug-likeness (QED) is 0.0408. The number of ether oxygens (including phenoxy) is 2. The summed E-state index contributed by atoms with van der Waals surface area (Å²) in [7, 11) is 5.00. The molecule has 1 saturated heterocycles. The lowest BCUT2D eigenvalue weighted by molar-refractivity contribution is -0.137. The number of hydrogen-bond donors (Lipinski definition) is 11. The number of carbonyl (C=O) groups is 9. The van der Waals surface area contributed by atoms with E-state index in [1.807, 2.05) is 0 Å². The Morgan fingerprint density at radius 3 is 1.81 bits per heavy atom. The van der Waals surface area contributed by atoms with Crippen molar-refractivity contribution < 1.29 is 57.7 Å². The zero-order chi connectivity index (χ0) is 59.2. The van der Waals surface area contributed by atoms with Crippen LogP contribution in [-0.4, -0.2) is 139 Å². The molecule has 4 aromatic carbocycles. The van der Waals surface area contributed by atoms with Gasteiger partial charge in [-0.25, -0.2) is 0 Å². The number of ketones is 1. The van der Waals surface area contributed by atoms with Crippen LogP contribution in [0.2, 0.25) is 5.02 Å². The van der Waals surface area contributed by atoms with E-state index in [-0.39, 0.29) is 55.7 Å². The van der Waals surface area contributed by atoms with E-state index in [4.69, 9.17) is 44.0 Å². The minimum absolute atomic E-state index is 0.0243. The van der Waals surface area contributed by atoms with Gasteiger partial charge in [0.25, 0.3) is 0 Å². The molecule has 5 rings (SSSR count). The fraction of sp³-hybridized carbons (Fsp3) is 0.411.